The summed E-state index contributed by atoms with van der Waals surface area (Å²) in [5.41, 5.74) is 5.93. The Balaban J connectivity index is 1.27. The van der Waals surface area contributed by atoms with E-state index < -0.39 is 0 Å². The summed E-state index contributed by atoms with van der Waals surface area (Å²) in [6.07, 6.45) is 0. The number of rotatable bonds is 4. The molecule has 0 N–H and O–H groups in total. The normalized spacial score (nSPS) is 11.5. The van der Waals surface area contributed by atoms with Crippen LogP contribution in [0.5, 0.6) is 0 Å². The lowest BCUT2D eigenvalue weighted by Crippen LogP contribution is -2.10. The Bertz CT molecular complexity index is 2260. The molecular formula is C40H26BrN. The minimum Gasteiger partial charge on any atom is -0.310 e. The largest absolute Gasteiger partial charge is 0.310 e. The molecule has 0 bridgehead atoms. The van der Waals surface area contributed by atoms with Crippen molar-refractivity contribution in [1.82, 2.24) is 0 Å². The number of anilines is 3. The van der Waals surface area contributed by atoms with Gasteiger partial charge in [0.2, 0.25) is 0 Å². The molecular weight excluding hydrogens is 574 g/mol. The van der Waals surface area contributed by atoms with Crippen molar-refractivity contribution in [2.24, 2.45) is 0 Å². The van der Waals surface area contributed by atoms with E-state index in [9.17, 15) is 0 Å². The standard InChI is InChI=1S/C40H26BrN/c41-39-17-8-15-37-33(14-7-16-38(37)39)29-21-23-34-28(25-29)19-20-30-26-32(22-24-35(30)34)42(31-11-2-1-3-12-31)40-18-6-10-27-9-4-5-13-36(27)40/h1-26H. The van der Waals surface area contributed by atoms with Crippen LogP contribution in [0, 0.1) is 0 Å². The molecule has 0 atom stereocenters. The van der Waals surface area contributed by atoms with Crippen molar-refractivity contribution in [3.63, 3.8) is 0 Å². The maximum atomic E-state index is 3.72. The molecule has 198 valence electrons. The van der Waals surface area contributed by atoms with Gasteiger partial charge in [-0.3, -0.25) is 0 Å². The molecule has 8 aromatic rings. The Morgan fingerprint density at radius 1 is 0.381 bits per heavy atom. The molecule has 42 heavy (non-hydrogen) atoms. The number of halogens is 1. The van der Waals surface area contributed by atoms with E-state index in [-0.39, 0.29) is 0 Å². The first-order chi connectivity index (χ1) is 20.7. The van der Waals surface area contributed by atoms with Crippen molar-refractivity contribution in [2.75, 3.05) is 4.90 Å². The van der Waals surface area contributed by atoms with E-state index in [1.165, 1.54) is 59.9 Å². The van der Waals surface area contributed by atoms with E-state index in [4.69, 9.17) is 0 Å². The van der Waals surface area contributed by atoms with Crippen molar-refractivity contribution in [3.05, 3.63) is 162 Å². The summed E-state index contributed by atoms with van der Waals surface area (Å²) < 4.78 is 1.12. The van der Waals surface area contributed by atoms with Gasteiger partial charge in [-0.15, -0.1) is 0 Å². The van der Waals surface area contributed by atoms with Crippen molar-refractivity contribution in [3.8, 4) is 11.1 Å². The molecule has 0 fully saturated rings. The zero-order valence-corrected chi connectivity index (χ0v) is 24.4. The van der Waals surface area contributed by atoms with Crippen molar-refractivity contribution < 1.29 is 0 Å². The molecule has 0 aliphatic rings. The highest BCUT2D eigenvalue weighted by atomic mass is 79.9. The number of benzene rings is 8. The molecule has 0 aromatic heterocycles. The van der Waals surface area contributed by atoms with Gasteiger partial charge in [0, 0.05) is 21.2 Å². The average Bonchev–Trinajstić information content (AvgIpc) is 3.05. The molecule has 8 rings (SSSR count). The van der Waals surface area contributed by atoms with Crippen molar-refractivity contribution in [1.29, 1.82) is 0 Å². The number of para-hydroxylation sites is 1. The zero-order chi connectivity index (χ0) is 28.0. The fourth-order valence-corrected chi connectivity index (χ4v) is 6.79. The lowest BCUT2D eigenvalue weighted by molar-refractivity contribution is 1.30. The summed E-state index contributed by atoms with van der Waals surface area (Å²) in [6, 6.07) is 57.0. The van der Waals surface area contributed by atoms with Crippen molar-refractivity contribution in [2.45, 2.75) is 0 Å². The Kier molecular flexibility index (Phi) is 6.01. The summed E-state index contributed by atoms with van der Waals surface area (Å²) in [5, 5.41) is 9.95. The zero-order valence-electron chi connectivity index (χ0n) is 22.8. The van der Waals surface area contributed by atoms with Crippen LogP contribution in [0.4, 0.5) is 17.1 Å². The predicted molar refractivity (Wildman–Crippen MR) is 184 cm³/mol. The molecule has 8 aromatic carbocycles. The summed E-state index contributed by atoms with van der Waals surface area (Å²) >= 11 is 3.72. The molecule has 0 saturated heterocycles. The fourth-order valence-electron chi connectivity index (χ4n) is 6.30. The molecule has 0 unspecified atom stereocenters. The highest BCUT2D eigenvalue weighted by Gasteiger charge is 2.16. The second-order valence-corrected chi connectivity index (χ2v) is 11.6. The van der Waals surface area contributed by atoms with Gasteiger partial charge in [-0.2, -0.15) is 0 Å². The number of nitrogens with zero attached hydrogens (tertiary/aromatic N) is 1. The van der Waals surface area contributed by atoms with Crippen LogP contribution in [0.25, 0.3) is 54.2 Å². The predicted octanol–water partition coefficient (Wildman–Crippen LogP) is 12.2. The second-order valence-electron chi connectivity index (χ2n) is 10.7. The third-order valence-corrected chi connectivity index (χ3v) is 8.97. The summed E-state index contributed by atoms with van der Waals surface area (Å²) in [6.45, 7) is 0. The molecule has 2 heteroatoms. The third kappa shape index (κ3) is 4.15. The van der Waals surface area contributed by atoms with E-state index in [1.54, 1.807) is 0 Å². The fraction of sp³-hybridized carbons (Fsp3) is 0. The lowest BCUT2D eigenvalue weighted by Gasteiger charge is -2.27. The van der Waals surface area contributed by atoms with Crippen LogP contribution < -0.4 is 4.90 Å². The van der Waals surface area contributed by atoms with Crippen LogP contribution in [0.3, 0.4) is 0 Å². The van der Waals surface area contributed by atoms with Crippen LogP contribution in [-0.4, -0.2) is 0 Å². The minimum absolute atomic E-state index is 1.12. The van der Waals surface area contributed by atoms with Gasteiger partial charge in [-0.05, 0) is 91.3 Å². The van der Waals surface area contributed by atoms with Crippen LogP contribution in [0.2, 0.25) is 0 Å². The van der Waals surface area contributed by atoms with E-state index in [0.717, 1.165) is 15.8 Å². The first-order valence-electron chi connectivity index (χ1n) is 14.2. The molecule has 0 aliphatic heterocycles. The quantitative estimate of drug-likeness (QED) is 0.182. The first-order valence-corrected chi connectivity index (χ1v) is 15.0. The van der Waals surface area contributed by atoms with Crippen LogP contribution in [0.1, 0.15) is 0 Å². The smallest absolute Gasteiger partial charge is 0.0540 e. The molecule has 0 spiro atoms. The van der Waals surface area contributed by atoms with Gasteiger partial charge in [-0.25, -0.2) is 0 Å². The maximum Gasteiger partial charge on any atom is 0.0540 e. The van der Waals surface area contributed by atoms with Crippen molar-refractivity contribution >= 4 is 76.1 Å². The molecule has 0 amide bonds. The Morgan fingerprint density at radius 3 is 1.93 bits per heavy atom. The van der Waals surface area contributed by atoms with Crippen LogP contribution >= 0.6 is 15.9 Å². The number of hydrogen-bond acceptors (Lipinski definition) is 1. The number of hydrogen-bond donors (Lipinski definition) is 0. The van der Waals surface area contributed by atoms with Gasteiger partial charge in [0.1, 0.15) is 0 Å². The van der Waals surface area contributed by atoms with Gasteiger partial charge in [0.25, 0.3) is 0 Å². The topological polar surface area (TPSA) is 3.24 Å². The van der Waals surface area contributed by atoms with Gasteiger partial charge in [0.15, 0.2) is 0 Å². The SMILES string of the molecule is Brc1cccc2c(-c3ccc4c(ccc5cc(N(c6ccccc6)c6cccc7ccccc67)ccc54)c3)cccc12. The number of fused-ring (bicyclic) bond motifs is 5. The van der Waals surface area contributed by atoms with Gasteiger partial charge in [0.05, 0.1) is 5.69 Å². The monoisotopic (exact) mass is 599 g/mol. The Morgan fingerprint density at radius 2 is 1.05 bits per heavy atom. The average molecular weight is 601 g/mol. The van der Waals surface area contributed by atoms with E-state index in [1.807, 2.05) is 0 Å². The highest BCUT2D eigenvalue weighted by molar-refractivity contribution is 9.10. The molecule has 0 heterocycles. The van der Waals surface area contributed by atoms with E-state index in [0.29, 0.717) is 0 Å². The molecule has 0 radical (unpaired) electrons. The second kappa shape index (κ2) is 10.2. The lowest BCUT2D eigenvalue weighted by atomic mass is 9.94. The third-order valence-electron chi connectivity index (χ3n) is 8.28. The highest BCUT2D eigenvalue weighted by Crippen LogP contribution is 2.41. The Labute approximate surface area is 253 Å². The van der Waals surface area contributed by atoms with Gasteiger partial charge >= 0.3 is 0 Å². The van der Waals surface area contributed by atoms with Gasteiger partial charge in [-0.1, -0.05) is 131 Å². The molecule has 1 nitrogen and oxygen atoms in total. The summed E-state index contributed by atoms with van der Waals surface area (Å²) in [4.78, 5) is 2.37. The summed E-state index contributed by atoms with van der Waals surface area (Å²) in [5.74, 6) is 0. The van der Waals surface area contributed by atoms with Crippen LogP contribution in [-0.2, 0) is 0 Å². The van der Waals surface area contributed by atoms with Crippen LogP contribution in [0.15, 0.2) is 162 Å². The molecule has 0 saturated carbocycles. The van der Waals surface area contributed by atoms with E-state index >= 15 is 0 Å². The first kappa shape index (κ1) is 24.8. The molecule has 0 aliphatic carbocycles. The Hall–Kier alpha value is -4.92. The minimum atomic E-state index is 1.12. The van der Waals surface area contributed by atoms with E-state index in [2.05, 4.69) is 179 Å². The maximum absolute atomic E-state index is 3.72. The van der Waals surface area contributed by atoms with Gasteiger partial charge < -0.3 is 4.90 Å². The summed E-state index contributed by atoms with van der Waals surface area (Å²) in [7, 11) is 0.